The Bertz CT molecular complexity index is 857. The molecule has 0 radical (unpaired) electrons. The molecule has 1 amide bonds. The summed E-state index contributed by atoms with van der Waals surface area (Å²) in [6, 6.07) is 6.96. The molecule has 26 heavy (non-hydrogen) atoms. The van der Waals surface area contributed by atoms with Gasteiger partial charge in [-0.2, -0.15) is 13.1 Å². The van der Waals surface area contributed by atoms with Crippen molar-refractivity contribution >= 4 is 33.0 Å². The first-order valence-corrected chi connectivity index (χ1v) is 9.48. The van der Waals surface area contributed by atoms with Gasteiger partial charge in [0.15, 0.2) is 11.5 Å². The molecule has 0 aliphatic heterocycles. The Hall–Kier alpha value is -2.24. The third-order valence-corrected chi connectivity index (χ3v) is 6.37. The van der Waals surface area contributed by atoms with Crippen molar-refractivity contribution in [2.75, 3.05) is 26.0 Å². The van der Waals surface area contributed by atoms with Gasteiger partial charge in [-0.1, -0.05) is 6.07 Å². The van der Waals surface area contributed by atoms with Gasteiger partial charge < -0.3 is 14.8 Å². The molecular weight excluding hydrogens is 390 g/mol. The monoisotopic (exact) mass is 406 g/mol. The second-order valence-electron chi connectivity index (χ2n) is 4.99. The van der Waals surface area contributed by atoms with Crippen LogP contribution >= 0.6 is 11.3 Å². The first kappa shape index (κ1) is 20.1. The summed E-state index contributed by atoms with van der Waals surface area (Å²) < 4.78 is 59.7. The van der Waals surface area contributed by atoms with Gasteiger partial charge >= 0.3 is 6.61 Å². The van der Waals surface area contributed by atoms with E-state index in [4.69, 9.17) is 4.74 Å². The van der Waals surface area contributed by atoms with Crippen molar-refractivity contribution < 1.29 is 31.5 Å². The maximum Gasteiger partial charge on any atom is 0.387 e. The van der Waals surface area contributed by atoms with Crippen molar-refractivity contribution in [1.82, 2.24) is 4.31 Å². The standard InChI is InChI=1S/C15H16F2N2O5S2/c1-19(26(21,22)14-4-3-7-25-14)9-13(20)18-10-5-6-11(23-2)12(8-10)24-15(16)17/h3-8,15H,9H2,1-2H3,(H,18,20). The van der Waals surface area contributed by atoms with Gasteiger partial charge in [0.25, 0.3) is 10.0 Å². The van der Waals surface area contributed by atoms with E-state index in [-0.39, 0.29) is 21.4 Å². The van der Waals surface area contributed by atoms with Gasteiger partial charge in [0.2, 0.25) is 5.91 Å². The lowest BCUT2D eigenvalue weighted by atomic mass is 10.2. The van der Waals surface area contributed by atoms with Crippen LogP contribution in [0, 0.1) is 0 Å². The van der Waals surface area contributed by atoms with Gasteiger partial charge in [-0.15, -0.1) is 11.3 Å². The summed E-state index contributed by atoms with van der Waals surface area (Å²) in [7, 11) is -1.21. The predicted molar refractivity (Wildman–Crippen MR) is 92.4 cm³/mol. The van der Waals surface area contributed by atoms with Gasteiger partial charge in [0.05, 0.1) is 13.7 Å². The lowest BCUT2D eigenvalue weighted by Crippen LogP contribution is -2.34. The number of ether oxygens (including phenoxy) is 2. The molecule has 1 aromatic heterocycles. The molecule has 11 heteroatoms. The van der Waals surface area contributed by atoms with E-state index < -0.39 is 29.1 Å². The molecule has 0 saturated carbocycles. The minimum absolute atomic E-state index is 0.0701. The molecule has 0 spiro atoms. The van der Waals surface area contributed by atoms with Crippen molar-refractivity contribution in [2.24, 2.45) is 0 Å². The molecule has 0 unspecified atom stereocenters. The highest BCUT2D eigenvalue weighted by atomic mass is 32.2. The summed E-state index contributed by atoms with van der Waals surface area (Å²) in [6.07, 6.45) is 0. The van der Waals surface area contributed by atoms with Gasteiger partial charge in [0.1, 0.15) is 4.21 Å². The summed E-state index contributed by atoms with van der Waals surface area (Å²) in [5, 5.41) is 4.05. The van der Waals surface area contributed by atoms with E-state index in [0.29, 0.717) is 0 Å². The second-order valence-corrected chi connectivity index (χ2v) is 8.20. The quantitative estimate of drug-likeness (QED) is 0.729. The van der Waals surface area contributed by atoms with Crippen molar-refractivity contribution in [2.45, 2.75) is 10.8 Å². The predicted octanol–water partition coefficient (Wildman–Crippen LogP) is 2.62. The molecule has 0 aliphatic carbocycles. The molecule has 0 saturated heterocycles. The number of alkyl halides is 2. The SMILES string of the molecule is COc1ccc(NC(=O)CN(C)S(=O)(=O)c2cccs2)cc1OC(F)F. The van der Waals surface area contributed by atoms with E-state index in [9.17, 15) is 22.0 Å². The number of carbonyl (C=O) groups excluding carboxylic acids is 1. The van der Waals surface area contributed by atoms with Crippen molar-refractivity contribution in [3.05, 3.63) is 35.7 Å². The Balaban J connectivity index is 2.08. The molecular formula is C15H16F2N2O5S2. The number of carbonyl (C=O) groups is 1. The molecule has 7 nitrogen and oxygen atoms in total. The number of nitrogens with zero attached hydrogens (tertiary/aromatic N) is 1. The zero-order valence-electron chi connectivity index (χ0n) is 13.8. The Morgan fingerprint density at radius 2 is 2.04 bits per heavy atom. The minimum atomic E-state index is -3.77. The van der Waals surface area contributed by atoms with Crippen LogP contribution in [0.15, 0.2) is 39.9 Å². The van der Waals surface area contributed by atoms with E-state index in [1.807, 2.05) is 0 Å². The summed E-state index contributed by atoms with van der Waals surface area (Å²) in [6.45, 7) is -3.51. The average Bonchev–Trinajstić information content (AvgIpc) is 3.09. The molecule has 2 aromatic rings. The maximum absolute atomic E-state index is 12.4. The fourth-order valence-electron chi connectivity index (χ4n) is 1.99. The van der Waals surface area contributed by atoms with E-state index in [1.54, 1.807) is 11.4 Å². The van der Waals surface area contributed by atoms with Crippen LogP contribution in [0.4, 0.5) is 14.5 Å². The number of benzene rings is 1. The number of sulfonamides is 1. The molecule has 0 fully saturated rings. The van der Waals surface area contributed by atoms with E-state index in [1.165, 1.54) is 32.4 Å². The van der Waals surface area contributed by atoms with Crippen LogP contribution in [0.25, 0.3) is 0 Å². The zero-order valence-corrected chi connectivity index (χ0v) is 15.4. The number of methoxy groups -OCH3 is 1. The lowest BCUT2D eigenvalue weighted by Gasteiger charge is -2.16. The highest BCUT2D eigenvalue weighted by Crippen LogP contribution is 2.31. The van der Waals surface area contributed by atoms with E-state index >= 15 is 0 Å². The highest BCUT2D eigenvalue weighted by molar-refractivity contribution is 7.91. The summed E-state index contributed by atoms with van der Waals surface area (Å²) in [5.41, 5.74) is 0.161. The molecule has 142 valence electrons. The summed E-state index contributed by atoms with van der Waals surface area (Å²) in [4.78, 5) is 12.1. The number of anilines is 1. The lowest BCUT2D eigenvalue weighted by molar-refractivity contribution is -0.116. The second kappa shape index (κ2) is 8.43. The number of thiophene rings is 1. The summed E-state index contributed by atoms with van der Waals surface area (Å²) in [5.74, 6) is -0.818. The Labute approximate surface area is 153 Å². The van der Waals surface area contributed by atoms with Crippen LogP contribution in [0.1, 0.15) is 0 Å². The molecule has 0 atom stereocenters. The number of nitrogens with one attached hydrogen (secondary N) is 1. The van der Waals surface area contributed by atoms with Gasteiger partial charge in [-0.3, -0.25) is 4.79 Å². The maximum atomic E-state index is 12.4. The number of hydrogen-bond acceptors (Lipinski definition) is 6. The number of amides is 1. The Morgan fingerprint density at radius 3 is 2.62 bits per heavy atom. The van der Waals surface area contributed by atoms with E-state index in [0.717, 1.165) is 21.7 Å². The fraction of sp³-hybridized carbons (Fsp3) is 0.267. The number of halogens is 2. The number of likely N-dealkylation sites (N-methyl/N-ethyl adjacent to an activating group) is 1. The Morgan fingerprint density at radius 1 is 1.31 bits per heavy atom. The van der Waals surface area contributed by atoms with Crippen LogP contribution in [-0.4, -0.2) is 45.9 Å². The molecule has 1 aromatic carbocycles. The van der Waals surface area contributed by atoms with Crippen LogP contribution < -0.4 is 14.8 Å². The van der Waals surface area contributed by atoms with Crippen molar-refractivity contribution in [3.63, 3.8) is 0 Å². The smallest absolute Gasteiger partial charge is 0.387 e. The first-order chi connectivity index (χ1) is 12.2. The van der Waals surface area contributed by atoms with Gasteiger partial charge in [-0.05, 0) is 23.6 Å². The molecule has 1 N–H and O–H groups in total. The van der Waals surface area contributed by atoms with Crippen molar-refractivity contribution in [1.29, 1.82) is 0 Å². The number of hydrogen-bond donors (Lipinski definition) is 1. The minimum Gasteiger partial charge on any atom is -0.493 e. The average molecular weight is 406 g/mol. The normalized spacial score (nSPS) is 11.6. The largest absolute Gasteiger partial charge is 0.493 e. The van der Waals surface area contributed by atoms with Crippen LogP contribution in [0.2, 0.25) is 0 Å². The molecule has 0 bridgehead atoms. The third-order valence-electron chi connectivity index (χ3n) is 3.19. The highest BCUT2D eigenvalue weighted by Gasteiger charge is 2.24. The summed E-state index contributed by atoms with van der Waals surface area (Å²) >= 11 is 1.04. The molecule has 2 rings (SSSR count). The van der Waals surface area contributed by atoms with E-state index in [2.05, 4.69) is 10.1 Å². The van der Waals surface area contributed by atoms with Gasteiger partial charge in [0, 0.05) is 18.8 Å². The molecule has 0 aliphatic rings. The zero-order chi connectivity index (χ0) is 19.3. The van der Waals surface area contributed by atoms with Crippen LogP contribution in [-0.2, 0) is 14.8 Å². The third kappa shape index (κ3) is 4.90. The molecule has 1 heterocycles. The van der Waals surface area contributed by atoms with Crippen molar-refractivity contribution in [3.8, 4) is 11.5 Å². The first-order valence-electron chi connectivity index (χ1n) is 7.16. The van der Waals surface area contributed by atoms with Gasteiger partial charge in [-0.25, -0.2) is 8.42 Å². The topological polar surface area (TPSA) is 84.9 Å². The Kier molecular flexibility index (Phi) is 6.51. The number of rotatable bonds is 8. The fourth-order valence-corrected chi connectivity index (χ4v) is 4.32. The van der Waals surface area contributed by atoms with Crippen LogP contribution in [0.5, 0.6) is 11.5 Å². The van der Waals surface area contributed by atoms with Crippen LogP contribution in [0.3, 0.4) is 0 Å².